The highest BCUT2D eigenvalue weighted by molar-refractivity contribution is 5.94. The second kappa shape index (κ2) is 8.11. The van der Waals surface area contributed by atoms with Crippen molar-refractivity contribution in [1.29, 1.82) is 5.26 Å². The molecular weight excluding hydrogens is 324 g/mol. The maximum Gasteiger partial charge on any atom is 0.254 e. The fourth-order valence-corrected chi connectivity index (χ4v) is 3.29. The Balaban J connectivity index is 1.64. The molecule has 1 amide bonds. The van der Waals surface area contributed by atoms with Crippen LogP contribution in [0.5, 0.6) is 0 Å². The Kier molecular flexibility index (Phi) is 5.65. The normalized spacial score (nSPS) is 16.3. The molecule has 1 aliphatic heterocycles. The number of amides is 1. The highest BCUT2D eigenvalue weighted by Gasteiger charge is 2.27. The smallest absolute Gasteiger partial charge is 0.254 e. The molecule has 1 aliphatic rings. The number of carbonyl (C=O) groups excluding carboxylic acids is 1. The standard InChI is InChI=1S/C21H24N4O/c1-16(2)17-3-5-18(6-4-17)20(15-22)24-11-13-25(14-12-24)21(26)19-7-9-23-10-8-19/h3-10,16,20H,11-14H2,1-2H3. The maximum atomic E-state index is 12.5. The number of nitriles is 1. The molecule has 0 spiro atoms. The van der Waals surface area contributed by atoms with Gasteiger partial charge in [-0.3, -0.25) is 14.7 Å². The van der Waals surface area contributed by atoms with Gasteiger partial charge < -0.3 is 4.90 Å². The summed E-state index contributed by atoms with van der Waals surface area (Å²) in [5, 5.41) is 9.68. The van der Waals surface area contributed by atoms with Gasteiger partial charge in [0.1, 0.15) is 6.04 Å². The Morgan fingerprint density at radius 2 is 1.58 bits per heavy atom. The molecular formula is C21H24N4O. The molecule has 5 heteroatoms. The van der Waals surface area contributed by atoms with Gasteiger partial charge in [0.2, 0.25) is 0 Å². The summed E-state index contributed by atoms with van der Waals surface area (Å²) in [6.45, 7) is 6.97. The highest BCUT2D eigenvalue weighted by atomic mass is 16.2. The number of carbonyl (C=O) groups is 1. The van der Waals surface area contributed by atoms with Crippen LogP contribution in [-0.2, 0) is 0 Å². The van der Waals surface area contributed by atoms with E-state index < -0.39 is 0 Å². The molecule has 134 valence electrons. The summed E-state index contributed by atoms with van der Waals surface area (Å²) >= 11 is 0. The zero-order valence-electron chi connectivity index (χ0n) is 15.3. The van der Waals surface area contributed by atoms with E-state index in [1.54, 1.807) is 24.5 Å². The zero-order valence-corrected chi connectivity index (χ0v) is 15.3. The van der Waals surface area contributed by atoms with Gasteiger partial charge in [-0.1, -0.05) is 38.1 Å². The van der Waals surface area contributed by atoms with Gasteiger partial charge in [-0.25, -0.2) is 0 Å². The van der Waals surface area contributed by atoms with E-state index in [2.05, 4.69) is 54.1 Å². The maximum absolute atomic E-state index is 12.5. The summed E-state index contributed by atoms with van der Waals surface area (Å²) in [6.07, 6.45) is 3.27. The highest BCUT2D eigenvalue weighted by Crippen LogP contribution is 2.24. The number of nitrogens with zero attached hydrogens (tertiary/aromatic N) is 4. The van der Waals surface area contributed by atoms with Gasteiger partial charge in [-0.15, -0.1) is 0 Å². The van der Waals surface area contributed by atoms with Gasteiger partial charge in [0.05, 0.1) is 6.07 Å². The van der Waals surface area contributed by atoms with Crippen molar-refractivity contribution in [3.8, 4) is 6.07 Å². The largest absolute Gasteiger partial charge is 0.336 e. The van der Waals surface area contributed by atoms with Crippen molar-refractivity contribution in [2.24, 2.45) is 0 Å². The lowest BCUT2D eigenvalue weighted by atomic mass is 9.98. The van der Waals surface area contributed by atoms with Gasteiger partial charge in [-0.2, -0.15) is 5.26 Å². The number of hydrogen-bond donors (Lipinski definition) is 0. The topological polar surface area (TPSA) is 60.2 Å². The third kappa shape index (κ3) is 3.92. The SMILES string of the molecule is CC(C)c1ccc(C(C#N)N2CCN(C(=O)c3ccncc3)CC2)cc1. The van der Waals surface area contributed by atoms with Crippen LogP contribution >= 0.6 is 0 Å². The summed E-state index contributed by atoms with van der Waals surface area (Å²) in [7, 11) is 0. The number of hydrogen-bond acceptors (Lipinski definition) is 4. The van der Waals surface area contributed by atoms with Crippen molar-refractivity contribution >= 4 is 5.91 Å². The van der Waals surface area contributed by atoms with Crippen molar-refractivity contribution in [1.82, 2.24) is 14.8 Å². The average Bonchev–Trinajstić information content (AvgIpc) is 2.69. The minimum Gasteiger partial charge on any atom is -0.336 e. The van der Waals surface area contributed by atoms with E-state index >= 15 is 0 Å². The fraction of sp³-hybridized carbons (Fsp3) is 0.381. The molecule has 1 aromatic heterocycles. The summed E-state index contributed by atoms with van der Waals surface area (Å²) in [6, 6.07) is 14.0. The molecule has 2 aromatic rings. The monoisotopic (exact) mass is 348 g/mol. The molecule has 26 heavy (non-hydrogen) atoms. The average molecular weight is 348 g/mol. The molecule has 1 atom stereocenters. The number of aromatic nitrogens is 1. The van der Waals surface area contributed by atoms with Gasteiger partial charge in [0, 0.05) is 44.1 Å². The first-order valence-corrected chi connectivity index (χ1v) is 9.03. The molecule has 0 radical (unpaired) electrons. The van der Waals surface area contributed by atoms with Gasteiger partial charge in [-0.05, 0) is 29.2 Å². The third-order valence-electron chi connectivity index (χ3n) is 4.94. The molecule has 1 unspecified atom stereocenters. The lowest BCUT2D eigenvalue weighted by Crippen LogP contribution is -2.49. The zero-order chi connectivity index (χ0) is 18.5. The predicted octanol–water partition coefficient (Wildman–Crippen LogP) is 3.23. The van der Waals surface area contributed by atoms with E-state index in [-0.39, 0.29) is 11.9 Å². The quantitative estimate of drug-likeness (QED) is 0.851. The van der Waals surface area contributed by atoms with Crippen molar-refractivity contribution in [3.63, 3.8) is 0 Å². The van der Waals surface area contributed by atoms with Crippen LogP contribution in [0.25, 0.3) is 0 Å². The second-order valence-corrected chi connectivity index (χ2v) is 6.92. The van der Waals surface area contributed by atoms with E-state index in [1.165, 1.54) is 5.56 Å². The molecule has 0 saturated carbocycles. The first-order valence-electron chi connectivity index (χ1n) is 9.03. The van der Waals surface area contributed by atoms with E-state index in [1.807, 2.05) is 4.90 Å². The van der Waals surface area contributed by atoms with E-state index in [4.69, 9.17) is 0 Å². The fourth-order valence-electron chi connectivity index (χ4n) is 3.29. The molecule has 0 aliphatic carbocycles. The second-order valence-electron chi connectivity index (χ2n) is 6.92. The van der Waals surface area contributed by atoms with Crippen molar-refractivity contribution in [2.45, 2.75) is 25.8 Å². The van der Waals surface area contributed by atoms with Crippen molar-refractivity contribution < 1.29 is 4.79 Å². The van der Waals surface area contributed by atoms with Gasteiger partial charge in [0.15, 0.2) is 0 Å². The first-order chi connectivity index (χ1) is 12.6. The van der Waals surface area contributed by atoms with E-state index in [0.717, 1.165) is 5.56 Å². The molecule has 1 fully saturated rings. The predicted molar refractivity (Wildman–Crippen MR) is 101 cm³/mol. The number of pyridine rings is 1. The van der Waals surface area contributed by atoms with Crippen LogP contribution in [0.1, 0.15) is 47.3 Å². The molecule has 1 saturated heterocycles. The lowest BCUT2D eigenvalue weighted by Gasteiger charge is -2.37. The summed E-state index contributed by atoms with van der Waals surface area (Å²) in [5.41, 5.74) is 2.96. The summed E-state index contributed by atoms with van der Waals surface area (Å²) in [5.74, 6) is 0.508. The van der Waals surface area contributed by atoms with Crippen LogP contribution in [0.4, 0.5) is 0 Å². The van der Waals surface area contributed by atoms with Crippen molar-refractivity contribution in [2.75, 3.05) is 26.2 Å². The van der Waals surface area contributed by atoms with Crippen molar-refractivity contribution in [3.05, 3.63) is 65.5 Å². The Morgan fingerprint density at radius 1 is 1.00 bits per heavy atom. The number of piperazine rings is 1. The molecule has 3 rings (SSSR count). The summed E-state index contributed by atoms with van der Waals surface area (Å²) in [4.78, 5) is 20.5. The van der Waals surface area contributed by atoms with Gasteiger partial charge >= 0.3 is 0 Å². The number of benzene rings is 1. The van der Waals surface area contributed by atoms with E-state index in [9.17, 15) is 10.1 Å². The molecule has 1 aromatic carbocycles. The van der Waals surface area contributed by atoms with Crippen LogP contribution < -0.4 is 0 Å². The Hall–Kier alpha value is -2.71. The summed E-state index contributed by atoms with van der Waals surface area (Å²) < 4.78 is 0. The minimum absolute atomic E-state index is 0.0295. The van der Waals surface area contributed by atoms with E-state index in [0.29, 0.717) is 37.7 Å². The third-order valence-corrected chi connectivity index (χ3v) is 4.94. The Labute approximate surface area is 154 Å². The van der Waals surface area contributed by atoms with Crippen LogP contribution in [-0.4, -0.2) is 46.9 Å². The lowest BCUT2D eigenvalue weighted by molar-refractivity contribution is 0.0606. The van der Waals surface area contributed by atoms with Crippen LogP contribution in [0.15, 0.2) is 48.8 Å². The molecule has 5 nitrogen and oxygen atoms in total. The van der Waals surface area contributed by atoms with Crippen LogP contribution in [0.3, 0.4) is 0 Å². The Bertz CT molecular complexity index is 772. The molecule has 0 N–H and O–H groups in total. The molecule has 2 heterocycles. The van der Waals surface area contributed by atoms with Gasteiger partial charge in [0.25, 0.3) is 5.91 Å². The Morgan fingerprint density at radius 3 is 2.12 bits per heavy atom. The number of rotatable bonds is 4. The minimum atomic E-state index is -0.269. The molecule has 0 bridgehead atoms. The first kappa shape index (κ1) is 18.1. The van der Waals surface area contributed by atoms with Crippen LogP contribution in [0.2, 0.25) is 0 Å². The van der Waals surface area contributed by atoms with Crippen LogP contribution in [0, 0.1) is 11.3 Å².